The van der Waals surface area contributed by atoms with Gasteiger partial charge in [-0.2, -0.15) is 0 Å². The van der Waals surface area contributed by atoms with Gasteiger partial charge in [-0.05, 0) is 12.1 Å². The second kappa shape index (κ2) is 4.57. The van der Waals surface area contributed by atoms with Crippen LogP contribution in [-0.2, 0) is 6.42 Å². The van der Waals surface area contributed by atoms with Gasteiger partial charge in [-0.3, -0.25) is 9.78 Å². The molecule has 2 aromatic rings. The number of H-pyrrole nitrogens is 1. The van der Waals surface area contributed by atoms with Gasteiger partial charge in [0.15, 0.2) is 0 Å². The fourth-order valence-corrected chi connectivity index (χ4v) is 1.42. The normalized spacial score (nSPS) is 10.1. The molecule has 5 nitrogen and oxygen atoms in total. The first-order chi connectivity index (χ1) is 7.81. The third-order valence-electron chi connectivity index (χ3n) is 2.22. The van der Waals surface area contributed by atoms with Gasteiger partial charge >= 0.3 is 0 Å². The fourth-order valence-electron chi connectivity index (χ4n) is 1.42. The molecule has 0 atom stereocenters. The molecule has 2 rings (SSSR count). The van der Waals surface area contributed by atoms with Crippen LogP contribution in [0.4, 0.5) is 0 Å². The zero-order valence-electron chi connectivity index (χ0n) is 8.80. The summed E-state index contributed by atoms with van der Waals surface area (Å²) in [5.74, 6) is 0.672. The first-order valence-corrected chi connectivity index (χ1v) is 4.80. The highest BCUT2D eigenvalue weighted by atomic mass is 16.5. The number of aromatic amines is 1. The fraction of sp³-hybridized carbons (Fsp3) is 0.182. The summed E-state index contributed by atoms with van der Waals surface area (Å²) in [6, 6.07) is 3.60. The van der Waals surface area contributed by atoms with Crippen LogP contribution in [-0.4, -0.2) is 22.1 Å². The van der Waals surface area contributed by atoms with Crippen LogP contribution >= 0.6 is 0 Å². The van der Waals surface area contributed by atoms with Gasteiger partial charge < -0.3 is 9.72 Å². The minimum Gasteiger partial charge on any atom is -0.495 e. The van der Waals surface area contributed by atoms with Gasteiger partial charge in [0.2, 0.25) is 0 Å². The molecule has 0 unspecified atom stereocenters. The number of ether oxygens (including phenoxy) is 1. The standard InChI is InChI=1S/C11H11N3O2/c1-16-10-3-2-4-13-9(10)5-8-6-12-7-14-11(8)15/h2-4,6-7H,5H2,1H3,(H,12,14,15). The van der Waals surface area contributed by atoms with Gasteiger partial charge in [-0.25, -0.2) is 4.98 Å². The molecule has 0 aromatic carbocycles. The van der Waals surface area contributed by atoms with Crippen molar-refractivity contribution in [3.05, 3.63) is 52.5 Å². The summed E-state index contributed by atoms with van der Waals surface area (Å²) in [6.07, 6.45) is 4.98. The van der Waals surface area contributed by atoms with Crippen LogP contribution in [0.1, 0.15) is 11.3 Å². The first-order valence-electron chi connectivity index (χ1n) is 4.80. The number of nitrogens with one attached hydrogen (secondary N) is 1. The number of hydrogen-bond acceptors (Lipinski definition) is 4. The van der Waals surface area contributed by atoms with Gasteiger partial charge in [0.25, 0.3) is 5.56 Å². The molecule has 0 saturated carbocycles. The SMILES string of the molecule is COc1cccnc1Cc1cnc[nH]c1=O. The van der Waals surface area contributed by atoms with Crippen LogP contribution in [0.2, 0.25) is 0 Å². The maximum atomic E-state index is 11.5. The molecule has 0 amide bonds. The van der Waals surface area contributed by atoms with Crippen molar-refractivity contribution in [2.75, 3.05) is 7.11 Å². The molecule has 0 aliphatic carbocycles. The monoisotopic (exact) mass is 217 g/mol. The molecule has 0 radical (unpaired) electrons. The van der Waals surface area contributed by atoms with Crippen molar-refractivity contribution in [2.45, 2.75) is 6.42 Å². The molecule has 5 heteroatoms. The smallest absolute Gasteiger partial charge is 0.254 e. The molecule has 82 valence electrons. The first kappa shape index (κ1) is 10.4. The highest BCUT2D eigenvalue weighted by molar-refractivity contribution is 5.30. The van der Waals surface area contributed by atoms with Gasteiger partial charge in [0, 0.05) is 24.4 Å². The van der Waals surface area contributed by atoms with Crippen LogP contribution in [0.3, 0.4) is 0 Å². The van der Waals surface area contributed by atoms with E-state index in [4.69, 9.17) is 4.74 Å². The van der Waals surface area contributed by atoms with E-state index in [2.05, 4.69) is 15.0 Å². The predicted octanol–water partition coefficient (Wildman–Crippen LogP) is 0.764. The maximum absolute atomic E-state index is 11.5. The van der Waals surface area contributed by atoms with E-state index < -0.39 is 0 Å². The molecule has 0 fully saturated rings. The van der Waals surface area contributed by atoms with Crippen molar-refractivity contribution in [2.24, 2.45) is 0 Å². The average Bonchev–Trinajstić information content (AvgIpc) is 2.33. The number of pyridine rings is 1. The molecular formula is C11H11N3O2. The van der Waals surface area contributed by atoms with Crippen molar-refractivity contribution >= 4 is 0 Å². The van der Waals surface area contributed by atoms with E-state index in [0.717, 1.165) is 5.69 Å². The molecule has 0 spiro atoms. The van der Waals surface area contributed by atoms with Gasteiger partial charge in [-0.1, -0.05) is 0 Å². The Morgan fingerprint density at radius 3 is 3.12 bits per heavy atom. The Labute approximate surface area is 92.2 Å². The lowest BCUT2D eigenvalue weighted by atomic mass is 10.1. The number of methoxy groups -OCH3 is 1. The summed E-state index contributed by atoms with van der Waals surface area (Å²) in [4.78, 5) is 22.0. The highest BCUT2D eigenvalue weighted by Crippen LogP contribution is 2.16. The number of aromatic nitrogens is 3. The number of nitrogens with zero attached hydrogens (tertiary/aromatic N) is 2. The Morgan fingerprint density at radius 2 is 2.38 bits per heavy atom. The van der Waals surface area contributed by atoms with Gasteiger partial charge in [0.05, 0.1) is 19.1 Å². The molecule has 0 bridgehead atoms. The summed E-state index contributed by atoms with van der Waals surface area (Å²) < 4.78 is 5.16. The third-order valence-corrected chi connectivity index (χ3v) is 2.22. The number of rotatable bonds is 3. The molecular weight excluding hydrogens is 206 g/mol. The molecule has 0 aliphatic rings. The molecule has 0 saturated heterocycles. The Morgan fingerprint density at radius 1 is 1.50 bits per heavy atom. The largest absolute Gasteiger partial charge is 0.495 e. The zero-order valence-corrected chi connectivity index (χ0v) is 8.80. The van der Waals surface area contributed by atoms with Crippen LogP contribution in [0, 0.1) is 0 Å². The topological polar surface area (TPSA) is 67.9 Å². The van der Waals surface area contributed by atoms with E-state index in [9.17, 15) is 4.79 Å². The summed E-state index contributed by atoms with van der Waals surface area (Å²) >= 11 is 0. The van der Waals surface area contributed by atoms with Crippen molar-refractivity contribution in [1.82, 2.24) is 15.0 Å². The summed E-state index contributed by atoms with van der Waals surface area (Å²) in [7, 11) is 1.58. The Hall–Kier alpha value is -2.17. The predicted molar refractivity (Wildman–Crippen MR) is 58.5 cm³/mol. The van der Waals surface area contributed by atoms with E-state index in [1.54, 1.807) is 19.4 Å². The lowest BCUT2D eigenvalue weighted by molar-refractivity contribution is 0.408. The minimum absolute atomic E-state index is 0.150. The summed E-state index contributed by atoms with van der Waals surface area (Å²) in [5, 5.41) is 0. The summed E-state index contributed by atoms with van der Waals surface area (Å²) in [6.45, 7) is 0. The lowest BCUT2D eigenvalue weighted by Gasteiger charge is -2.05. The van der Waals surface area contributed by atoms with Gasteiger partial charge in [-0.15, -0.1) is 0 Å². The van der Waals surface area contributed by atoms with Crippen LogP contribution < -0.4 is 10.3 Å². The van der Waals surface area contributed by atoms with E-state index in [-0.39, 0.29) is 5.56 Å². The molecule has 1 N–H and O–H groups in total. The summed E-state index contributed by atoms with van der Waals surface area (Å²) in [5.41, 5.74) is 1.14. The molecule has 2 heterocycles. The Bertz CT molecular complexity index is 537. The lowest BCUT2D eigenvalue weighted by Crippen LogP contribution is -2.13. The number of hydrogen-bond donors (Lipinski definition) is 1. The molecule has 2 aromatic heterocycles. The average molecular weight is 217 g/mol. The van der Waals surface area contributed by atoms with Crippen molar-refractivity contribution in [3.8, 4) is 5.75 Å². The molecule has 16 heavy (non-hydrogen) atoms. The van der Waals surface area contributed by atoms with Crippen molar-refractivity contribution in [3.63, 3.8) is 0 Å². The second-order valence-electron chi connectivity index (χ2n) is 3.24. The Kier molecular flexibility index (Phi) is 2.95. The van der Waals surface area contributed by atoms with Crippen LogP contribution in [0.25, 0.3) is 0 Å². The zero-order chi connectivity index (χ0) is 11.4. The molecule has 0 aliphatic heterocycles. The van der Waals surface area contributed by atoms with Crippen molar-refractivity contribution in [1.29, 1.82) is 0 Å². The van der Waals surface area contributed by atoms with E-state index >= 15 is 0 Å². The van der Waals surface area contributed by atoms with Crippen LogP contribution in [0.5, 0.6) is 5.75 Å². The van der Waals surface area contributed by atoms with E-state index in [0.29, 0.717) is 17.7 Å². The van der Waals surface area contributed by atoms with E-state index in [1.807, 2.05) is 6.07 Å². The second-order valence-corrected chi connectivity index (χ2v) is 3.24. The van der Waals surface area contributed by atoms with E-state index in [1.165, 1.54) is 12.5 Å². The quantitative estimate of drug-likeness (QED) is 0.824. The third kappa shape index (κ3) is 2.08. The Balaban J connectivity index is 2.34. The van der Waals surface area contributed by atoms with Gasteiger partial charge in [0.1, 0.15) is 5.75 Å². The maximum Gasteiger partial charge on any atom is 0.254 e. The van der Waals surface area contributed by atoms with Crippen molar-refractivity contribution < 1.29 is 4.74 Å². The highest BCUT2D eigenvalue weighted by Gasteiger charge is 2.07. The minimum atomic E-state index is -0.150. The van der Waals surface area contributed by atoms with Crippen LogP contribution in [0.15, 0.2) is 35.6 Å².